The quantitative estimate of drug-likeness (QED) is 0.295. The number of rotatable bonds is 7. The molecule has 6 nitrogen and oxygen atoms in total. The third-order valence-corrected chi connectivity index (χ3v) is 5.12. The minimum absolute atomic E-state index is 0.388. The van der Waals surface area contributed by atoms with Gasteiger partial charge in [0.1, 0.15) is 0 Å². The van der Waals surface area contributed by atoms with E-state index in [0.29, 0.717) is 23.1 Å². The summed E-state index contributed by atoms with van der Waals surface area (Å²) in [4.78, 5) is 35.2. The van der Waals surface area contributed by atoms with E-state index in [1.54, 1.807) is 36.4 Å². The predicted molar refractivity (Wildman–Crippen MR) is 125 cm³/mol. The third-order valence-electron chi connectivity index (χ3n) is 5.12. The maximum Gasteiger partial charge on any atom is 0.337 e. The topological polar surface area (TPSA) is 78.9 Å². The summed E-state index contributed by atoms with van der Waals surface area (Å²) in [6.07, 6.45) is 2.60. The van der Waals surface area contributed by atoms with Crippen LogP contribution in [0, 0.1) is 0 Å². The molecule has 0 saturated heterocycles. The molecule has 0 fully saturated rings. The van der Waals surface area contributed by atoms with Crippen LogP contribution >= 0.6 is 0 Å². The number of hydrogen-bond donors (Lipinski definition) is 0. The van der Waals surface area contributed by atoms with E-state index in [4.69, 9.17) is 14.2 Å². The van der Waals surface area contributed by atoms with Gasteiger partial charge in [-0.25, -0.2) is 14.4 Å². The highest BCUT2D eigenvalue weighted by Gasteiger charge is 2.10. The monoisotopic (exact) mass is 444 g/mol. The van der Waals surface area contributed by atoms with Gasteiger partial charge in [0.2, 0.25) is 0 Å². The van der Waals surface area contributed by atoms with Crippen LogP contribution in [0.1, 0.15) is 47.8 Å². The van der Waals surface area contributed by atoms with Crippen molar-refractivity contribution in [2.24, 2.45) is 0 Å². The second-order valence-corrected chi connectivity index (χ2v) is 7.22. The standard InChI is InChI=1S/C27H24O6/c1-31-25(28)21-8-4-18(5-9-21)16-24(20-12-14-23(15-13-20)27(30)33-3)17-19-6-10-22(11-7-19)26(29)32-2/h4-16H,17H2,1-3H3. The van der Waals surface area contributed by atoms with Crippen LogP contribution in [0.4, 0.5) is 0 Å². The Balaban J connectivity index is 1.95. The van der Waals surface area contributed by atoms with Gasteiger partial charge in [0.25, 0.3) is 0 Å². The van der Waals surface area contributed by atoms with Gasteiger partial charge in [-0.05, 0) is 65.1 Å². The van der Waals surface area contributed by atoms with E-state index in [1.807, 2.05) is 42.5 Å². The molecule has 0 radical (unpaired) electrons. The largest absolute Gasteiger partial charge is 0.465 e. The number of carbonyl (C=O) groups is 3. The molecule has 0 unspecified atom stereocenters. The molecule has 0 amide bonds. The normalized spacial score (nSPS) is 10.9. The average molecular weight is 444 g/mol. The van der Waals surface area contributed by atoms with Gasteiger partial charge in [-0.3, -0.25) is 0 Å². The molecular formula is C27H24O6. The summed E-state index contributed by atoms with van der Waals surface area (Å²) in [6, 6.07) is 21.5. The molecule has 0 aromatic heterocycles. The van der Waals surface area contributed by atoms with E-state index in [1.165, 1.54) is 21.3 Å². The molecule has 6 heteroatoms. The molecule has 3 aromatic rings. The van der Waals surface area contributed by atoms with Crippen molar-refractivity contribution in [3.05, 3.63) is 106 Å². The summed E-state index contributed by atoms with van der Waals surface area (Å²) < 4.78 is 14.3. The Morgan fingerprint density at radius 1 is 0.576 bits per heavy atom. The van der Waals surface area contributed by atoms with Crippen LogP contribution in [0.5, 0.6) is 0 Å². The predicted octanol–water partition coefficient (Wildman–Crippen LogP) is 4.83. The molecule has 33 heavy (non-hydrogen) atoms. The Morgan fingerprint density at radius 2 is 0.939 bits per heavy atom. The van der Waals surface area contributed by atoms with Gasteiger partial charge in [0.05, 0.1) is 38.0 Å². The van der Waals surface area contributed by atoms with Gasteiger partial charge in [-0.2, -0.15) is 0 Å². The highest BCUT2D eigenvalue weighted by Crippen LogP contribution is 2.24. The molecule has 0 aliphatic rings. The van der Waals surface area contributed by atoms with Crippen molar-refractivity contribution in [2.75, 3.05) is 21.3 Å². The number of allylic oxidation sites excluding steroid dienone is 1. The van der Waals surface area contributed by atoms with Gasteiger partial charge >= 0.3 is 17.9 Å². The van der Waals surface area contributed by atoms with Crippen LogP contribution in [-0.2, 0) is 20.6 Å². The zero-order valence-corrected chi connectivity index (χ0v) is 18.7. The van der Waals surface area contributed by atoms with E-state index in [2.05, 4.69) is 0 Å². The fraction of sp³-hybridized carbons (Fsp3) is 0.148. The summed E-state index contributed by atoms with van der Waals surface area (Å²) in [6.45, 7) is 0. The van der Waals surface area contributed by atoms with Crippen LogP contribution in [0.15, 0.2) is 72.8 Å². The zero-order valence-electron chi connectivity index (χ0n) is 18.7. The van der Waals surface area contributed by atoms with Crippen molar-refractivity contribution in [1.29, 1.82) is 0 Å². The highest BCUT2D eigenvalue weighted by atomic mass is 16.5. The number of carbonyl (C=O) groups excluding carboxylic acids is 3. The van der Waals surface area contributed by atoms with Crippen LogP contribution < -0.4 is 0 Å². The van der Waals surface area contributed by atoms with Crippen LogP contribution in [0.2, 0.25) is 0 Å². The Hall–Kier alpha value is -4.19. The van der Waals surface area contributed by atoms with E-state index in [0.717, 1.165) is 22.3 Å². The number of hydrogen-bond acceptors (Lipinski definition) is 6. The number of ether oxygens (including phenoxy) is 3. The van der Waals surface area contributed by atoms with Gasteiger partial charge in [0, 0.05) is 0 Å². The molecule has 3 rings (SSSR count). The Bertz CT molecular complexity index is 1160. The Labute approximate surface area is 192 Å². The number of esters is 3. The van der Waals surface area contributed by atoms with E-state index >= 15 is 0 Å². The van der Waals surface area contributed by atoms with E-state index in [-0.39, 0.29) is 5.97 Å². The van der Waals surface area contributed by atoms with Crippen molar-refractivity contribution in [3.63, 3.8) is 0 Å². The van der Waals surface area contributed by atoms with E-state index in [9.17, 15) is 14.4 Å². The first-order valence-corrected chi connectivity index (χ1v) is 10.2. The van der Waals surface area contributed by atoms with Gasteiger partial charge in [0.15, 0.2) is 0 Å². The van der Waals surface area contributed by atoms with Gasteiger partial charge in [-0.1, -0.05) is 42.5 Å². The minimum atomic E-state index is -0.399. The summed E-state index contributed by atoms with van der Waals surface area (Å²) >= 11 is 0. The number of methoxy groups -OCH3 is 3. The molecular weight excluding hydrogens is 420 g/mol. The summed E-state index contributed by atoms with van der Waals surface area (Å²) in [5.41, 5.74) is 5.23. The van der Waals surface area contributed by atoms with Crippen molar-refractivity contribution in [3.8, 4) is 0 Å². The first-order chi connectivity index (χ1) is 15.9. The molecule has 3 aromatic carbocycles. The highest BCUT2D eigenvalue weighted by molar-refractivity contribution is 5.92. The molecule has 0 atom stereocenters. The smallest absolute Gasteiger partial charge is 0.337 e. The van der Waals surface area contributed by atoms with Gasteiger partial charge in [-0.15, -0.1) is 0 Å². The lowest BCUT2D eigenvalue weighted by molar-refractivity contribution is 0.0592. The van der Waals surface area contributed by atoms with E-state index < -0.39 is 11.9 Å². The average Bonchev–Trinajstić information content (AvgIpc) is 2.87. The van der Waals surface area contributed by atoms with Crippen molar-refractivity contribution in [1.82, 2.24) is 0 Å². The van der Waals surface area contributed by atoms with Crippen molar-refractivity contribution < 1.29 is 28.6 Å². The molecule has 0 spiro atoms. The Kier molecular flexibility index (Phi) is 7.76. The second-order valence-electron chi connectivity index (χ2n) is 7.22. The van der Waals surface area contributed by atoms with Crippen LogP contribution in [0.25, 0.3) is 11.6 Å². The number of benzene rings is 3. The molecule has 0 aliphatic heterocycles. The Morgan fingerprint density at radius 3 is 1.36 bits per heavy atom. The molecule has 0 aliphatic carbocycles. The molecule has 0 saturated carbocycles. The van der Waals surface area contributed by atoms with Crippen molar-refractivity contribution >= 4 is 29.6 Å². The van der Waals surface area contributed by atoms with Crippen LogP contribution in [0.3, 0.4) is 0 Å². The fourth-order valence-electron chi connectivity index (χ4n) is 3.31. The molecule has 0 N–H and O–H groups in total. The molecule has 0 bridgehead atoms. The fourth-order valence-corrected chi connectivity index (χ4v) is 3.31. The summed E-state index contributed by atoms with van der Waals surface area (Å²) in [5.74, 6) is -1.18. The maximum atomic E-state index is 11.8. The zero-order chi connectivity index (χ0) is 23.8. The third kappa shape index (κ3) is 5.95. The second kappa shape index (κ2) is 10.9. The SMILES string of the molecule is COC(=O)c1ccc(C=C(Cc2ccc(C(=O)OC)cc2)c2ccc(C(=O)OC)cc2)cc1. The first-order valence-electron chi connectivity index (χ1n) is 10.2. The molecule has 168 valence electrons. The lowest BCUT2D eigenvalue weighted by Gasteiger charge is -2.11. The summed E-state index contributed by atoms with van der Waals surface area (Å²) in [7, 11) is 4.04. The van der Waals surface area contributed by atoms with Gasteiger partial charge < -0.3 is 14.2 Å². The minimum Gasteiger partial charge on any atom is -0.465 e. The lowest BCUT2D eigenvalue weighted by atomic mass is 9.94. The summed E-state index contributed by atoms with van der Waals surface area (Å²) in [5, 5.41) is 0. The lowest BCUT2D eigenvalue weighted by Crippen LogP contribution is -2.02. The maximum absolute atomic E-state index is 11.8. The van der Waals surface area contributed by atoms with Crippen LogP contribution in [-0.4, -0.2) is 39.2 Å². The van der Waals surface area contributed by atoms with Crippen molar-refractivity contribution in [2.45, 2.75) is 6.42 Å². The first kappa shape index (κ1) is 23.5. The molecule has 0 heterocycles.